The lowest BCUT2D eigenvalue weighted by atomic mass is 10.1. The molecule has 0 unspecified atom stereocenters. The molecule has 1 heterocycles. The first kappa shape index (κ1) is 17.1. The van der Waals surface area contributed by atoms with Gasteiger partial charge in [0.25, 0.3) is 0 Å². The molecule has 8 heteroatoms. The summed E-state index contributed by atoms with van der Waals surface area (Å²) in [5.41, 5.74) is 0.306. The van der Waals surface area contributed by atoms with Crippen LogP contribution in [0.2, 0.25) is 0 Å². The summed E-state index contributed by atoms with van der Waals surface area (Å²) >= 11 is 0. The minimum absolute atomic E-state index is 0.251. The van der Waals surface area contributed by atoms with Gasteiger partial charge in [0, 0.05) is 5.69 Å². The Morgan fingerprint density at radius 1 is 1.04 bits per heavy atom. The molecule has 0 bridgehead atoms. The summed E-state index contributed by atoms with van der Waals surface area (Å²) < 4.78 is 43.8. The van der Waals surface area contributed by atoms with Crippen molar-refractivity contribution in [2.45, 2.75) is 24.4 Å². The number of hydrogen-bond donors (Lipinski definition) is 1. The number of para-hydroxylation sites is 1. The van der Waals surface area contributed by atoms with E-state index in [-0.39, 0.29) is 5.89 Å². The predicted octanol–water partition coefficient (Wildman–Crippen LogP) is 5.05. The van der Waals surface area contributed by atoms with Crippen LogP contribution in [-0.2, 0) is 11.6 Å². The number of aromatic nitrogens is 2. The van der Waals surface area contributed by atoms with E-state index in [1.807, 2.05) is 0 Å². The monoisotopic (exact) mass is 370 g/mol. The Hall–Kier alpha value is -3.34. The maximum absolute atomic E-state index is 12.7. The summed E-state index contributed by atoms with van der Waals surface area (Å²) in [5, 5.41) is 20.3. The Labute approximate surface area is 152 Å². The molecule has 1 aliphatic rings. The first-order valence-electron chi connectivity index (χ1n) is 8.20. The van der Waals surface area contributed by atoms with Crippen LogP contribution in [0.25, 0.3) is 11.5 Å². The van der Waals surface area contributed by atoms with E-state index in [0.717, 1.165) is 12.1 Å². The van der Waals surface area contributed by atoms with E-state index < -0.39 is 17.2 Å². The summed E-state index contributed by atoms with van der Waals surface area (Å²) in [6.45, 7) is 0. The van der Waals surface area contributed by atoms with Crippen molar-refractivity contribution in [3.8, 4) is 17.5 Å². The van der Waals surface area contributed by atoms with Crippen LogP contribution in [0.15, 0.2) is 52.9 Å². The number of halogens is 3. The van der Waals surface area contributed by atoms with Crippen molar-refractivity contribution in [1.82, 2.24) is 10.2 Å². The average Bonchev–Trinajstić information content (AvgIpc) is 3.30. The Balaban J connectivity index is 1.62. The van der Waals surface area contributed by atoms with Crippen LogP contribution in [0.3, 0.4) is 0 Å². The van der Waals surface area contributed by atoms with Crippen LogP contribution in [0.1, 0.15) is 24.3 Å². The van der Waals surface area contributed by atoms with Crippen molar-refractivity contribution >= 4 is 11.4 Å². The molecule has 3 aromatic rings. The molecule has 0 atom stereocenters. The first-order chi connectivity index (χ1) is 12.9. The van der Waals surface area contributed by atoms with Crippen molar-refractivity contribution in [3.63, 3.8) is 0 Å². The summed E-state index contributed by atoms with van der Waals surface area (Å²) in [4.78, 5) is 0. The van der Waals surface area contributed by atoms with Crippen LogP contribution >= 0.6 is 0 Å². The highest BCUT2D eigenvalue weighted by Crippen LogP contribution is 2.47. The summed E-state index contributed by atoms with van der Waals surface area (Å²) in [6.07, 6.45) is -3.00. The zero-order valence-electron chi connectivity index (χ0n) is 13.9. The Kier molecular flexibility index (Phi) is 3.88. The molecule has 136 valence electrons. The second-order valence-corrected chi connectivity index (χ2v) is 6.35. The maximum Gasteiger partial charge on any atom is 0.416 e. The molecule has 0 amide bonds. The van der Waals surface area contributed by atoms with Gasteiger partial charge in [-0.3, -0.25) is 0 Å². The Morgan fingerprint density at radius 2 is 1.74 bits per heavy atom. The fraction of sp³-hybridized carbons (Fsp3) is 0.211. The molecule has 1 N–H and O–H groups in total. The van der Waals surface area contributed by atoms with E-state index in [1.165, 1.54) is 12.1 Å². The van der Waals surface area contributed by atoms with E-state index in [4.69, 9.17) is 4.42 Å². The van der Waals surface area contributed by atoms with Gasteiger partial charge in [0.2, 0.25) is 11.8 Å². The largest absolute Gasteiger partial charge is 0.419 e. The molecule has 0 radical (unpaired) electrons. The van der Waals surface area contributed by atoms with Gasteiger partial charge in [-0.15, -0.1) is 10.2 Å². The highest BCUT2D eigenvalue weighted by atomic mass is 19.4. The zero-order valence-corrected chi connectivity index (χ0v) is 13.9. The number of nitrogens with one attached hydrogen (secondary N) is 1. The highest BCUT2D eigenvalue weighted by Gasteiger charge is 2.50. The van der Waals surface area contributed by atoms with Crippen molar-refractivity contribution in [2.75, 3.05) is 5.32 Å². The fourth-order valence-electron chi connectivity index (χ4n) is 2.70. The van der Waals surface area contributed by atoms with Gasteiger partial charge in [-0.25, -0.2) is 0 Å². The summed E-state index contributed by atoms with van der Waals surface area (Å²) in [7, 11) is 0. The number of nitriles is 1. The van der Waals surface area contributed by atoms with Crippen molar-refractivity contribution in [1.29, 1.82) is 5.26 Å². The zero-order chi connectivity index (χ0) is 19.1. The number of alkyl halides is 3. The van der Waals surface area contributed by atoms with Gasteiger partial charge in [-0.1, -0.05) is 12.1 Å². The van der Waals surface area contributed by atoms with Gasteiger partial charge in [-0.05, 0) is 49.2 Å². The lowest BCUT2D eigenvalue weighted by Crippen LogP contribution is -2.04. The van der Waals surface area contributed by atoms with Crippen LogP contribution in [0.5, 0.6) is 0 Å². The van der Waals surface area contributed by atoms with Gasteiger partial charge in [0.1, 0.15) is 5.41 Å². The van der Waals surface area contributed by atoms with Crippen LogP contribution in [-0.4, -0.2) is 10.2 Å². The number of rotatable bonds is 4. The minimum Gasteiger partial charge on any atom is -0.419 e. The molecular formula is C19H13F3N4O. The number of hydrogen-bond acceptors (Lipinski definition) is 5. The van der Waals surface area contributed by atoms with E-state index in [0.29, 0.717) is 35.7 Å². The molecule has 5 nitrogen and oxygen atoms in total. The van der Waals surface area contributed by atoms with Gasteiger partial charge < -0.3 is 9.73 Å². The second-order valence-electron chi connectivity index (χ2n) is 6.35. The van der Waals surface area contributed by atoms with Gasteiger partial charge in [0.15, 0.2) is 0 Å². The highest BCUT2D eigenvalue weighted by molar-refractivity contribution is 5.76. The van der Waals surface area contributed by atoms with Crippen LogP contribution in [0.4, 0.5) is 24.5 Å². The lowest BCUT2D eigenvalue weighted by Gasteiger charge is -2.11. The molecule has 27 heavy (non-hydrogen) atoms. The third kappa shape index (κ3) is 3.24. The molecule has 1 aromatic heterocycles. The minimum atomic E-state index is -4.38. The Morgan fingerprint density at radius 3 is 2.37 bits per heavy atom. The van der Waals surface area contributed by atoms with E-state index in [2.05, 4.69) is 21.6 Å². The molecule has 0 aliphatic heterocycles. The number of anilines is 2. The number of nitrogens with zero attached hydrogens (tertiary/aromatic N) is 3. The van der Waals surface area contributed by atoms with Crippen LogP contribution < -0.4 is 5.32 Å². The molecule has 1 aliphatic carbocycles. The number of benzene rings is 2. The molecule has 1 saturated carbocycles. The average molecular weight is 370 g/mol. The topological polar surface area (TPSA) is 74.7 Å². The van der Waals surface area contributed by atoms with Crippen LogP contribution in [0, 0.1) is 11.3 Å². The molecule has 1 fully saturated rings. The first-order valence-corrected chi connectivity index (χ1v) is 8.20. The van der Waals surface area contributed by atoms with Crippen molar-refractivity contribution in [3.05, 3.63) is 60.0 Å². The predicted molar refractivity (Wildman–Crippen MR) is 91.0 cm³/mol. The van der Waals surface area contributed by atoms with E-state index >= 15 is 0 Å². The fourth-order valence-corrected chi connectivity index (χ4v) is 2.70. The van der Waals surface area contributed by atoms with Crippen molar-refractivity contribution in [2.24, 2.45) is 0 Å². The standard InChI is InChI=1S/C19H13F3N4O/c20-19(21,22)12-5-7-13(8-6-12)24-15-4-2-1-3-14(15)16-25-26-17(27-16)18(11-23)9-10-18/h1-8,24H,9-10H2. The second kappa shape index (κ2) is 6.13. The quantitative estimate of drug-likeness (QED) is 0.695. The third-order valence-electron chi connectivity index (χ3n) is 4.45. The molecule has 4 rings (SSSR count). The third-order valence-corrected chi connectivity index (χ3v) is 4.45. The summed E-state index contributed by atoms with van der Waals surface area (Å²) in [6, 6.07) is 14.0. The lowest BCUT2D eigenvalue weighted by molar-refractivity contribution is -0.137. The molecule has 2 aromatic carbocycles. The van der Waals surface area contributed by atoms with Gasteiger partial charge >= 0.3 is 6.18 Å². The molecule has 0 spiro atoms. The van der Waals surface area contributed by atoms with Gasteiger partial charge in [0.05, 0.1) is 22.9 Å². The van der Waals surface area contributed by atoms with Crippen molar-refractivity contribution < 1.29 is 17.6 Å². The van der Waals surface area contributed by atoms with E-state index in [1.54, 1.807) is 24.3 Å². The normalized spacial score (nSPS) is 15.2. The molecule has 0 saturated heterocycles. The molecular weight excluding hydrogens is 357 g/mol. The van der Waals surface area contributed by atoms with E-state index in [9.17, 15) is 18.4 Å². The SMILES string of the molecule is N#CC1(c2nnc(-c3ccccc3Nc3ccc(C(F)(F)F)cc3)o2)CC1. The van der Waals surface area contributed by atoms with Gasteiger partial charge in [-0.2, -0.15) is 18.4 Å². The maximum atomic E-state index is 12.7. The summed E-state index contributed by atoms with van der Waals surface area (Å²) in [5.74, 6) is 0.547. The Bertz CT molecular complexity index is 1010. The smallest absolute Gasteiger partial charge is 0.416 e.